The first-order valence-electron chi connectivity index (χ1n) is 50.6. The molecule has 13 heterocycles. The van der Waals surface area contributed by atoms with Gasteiger partial charge in [0.2, 0.25) is 0 Å². The number of aromatic nitrogens is 10. The second-order valence-corrected chi connectivity index (χ2v) is 41.8. The number of aliphatic imine (C=N–C) groups is 7. The highest BCUT2D eigenvalue weighted by atomic mass is 16.5. The Kier molecular flexibility index (Phi) is 25.4. The second-order valence-electron chi connectivity index (χ2n) is 41.8. The number of rotatable bonds is 7. The van der Waals surface area contributed by atoms with Gasteiger partial charge in [-0.25, -0.2) is 54.9 Å². The molecule has 0 amide bonds. The maximum absolute atomic E-state index is 5.64. The topological polar surface area (TPSA) is 285 Å². The SMILES string of the molecule is CC1=NC2(CCc3ccc(-c4c(C)ncnc4C)cc3C2)CO1.CC1=NC2(CCc3ccc(-c4cccnn4)cc3C2)CO1.CC1=NC2(CO1)Cc1ccc(-c3c(C)noc3C)cc1C2.CC1=NC2(CO1)Cc1ccc(-c3ccccc3)cc1C2.CC1=NC2(CO1)Cc1ccc(-c3cccnc3)cc1C2.CC1=NC2(CO1)Cc1ccc(-c3ccnn3C)cc1C2.CC1=NC2(CO1)Cc1ccc(-c3cncnc3)cc1C2. The van der Waals surface area contributed by atoms with Crippen LogP contribution >= 0.6 is 0 Å². The van der Waals surface area contributed by atoms with Crippen molar-refractivity contribution in [1.29, 1.82) is 0 Å². The number of pyridine rings is 1. The van der Waals surface area contributed by atoms with Crippen LogP contribution in [0.15, 0.2) is 277 Å². The Morgan fingerprint density at radius 3 is 1.01 bits per heavy atom. The smallest absolute Gasteiger partial charge is 0.180 e. The minimum absolute atomic E-state index is 0.0261. The van der Waals surface area contributed by atoms with Gasteiger partial charge in [0.25, 0.3) is 0 Å². The summed E-state index contributed by atoms with van der Waals surface area (Å²) in [7, 11) is 1.97. The van der Waals surface area contributed by atoms with E-state index in [0.29, 0.717) is 26.4 Å². The van der Waals surface area contributed by atoms with E-state index in [-0.39, 0.29) is 38.8 Å². The van der Waals surface area contributed by atoms with Gasteiger partial charge < -0.3 is 37.7 Å². The van der Waals surface area contributed by atoms with E-state index in [4.69, 9.17) is 72.6 Å². The molecule has 7 aliphatic heterocycles. The molecule has 0 radical (unpaired) electrons. The second kappa shape index (κ2) is 38.9. The number of nitrogens with zero attached hydrogens (tertiary/aromatic N) is 17. The van der Waals surface area contributed by atoms with Gasteiger partial charge >= 0.3 is 0 Å². The van der Waals surface area contributed by atoms with E-state index in [1.54, 1.807) is 25.0 Å². The van der Waals surface area contributed by atoms with Crippen molar-refractivity contribution in [1.82, 2.24) is 50.1 Å². The molecule has 0 fully saturated rings. The average molecular weight is 1930 g/mol. The van der Waals surface area contributed by atoms with E-state index >= 15 is 0 Å². The van der Waals surface area contributed by atoms with Gasteiger partial charge in [0.05, 0.1) is 17.1 Å². The quantitative estimate of drug-likeness (QED) is 0.143. The molecule has 14 aromatic rings. The van der Waals surface area contributed by atoms with Gasteiger partial charge in [0.1, 0.15) is 103 Å². The number of fused-ring (bicyclic) bond motifs is 7. The van der Waals surface area contributed by atoms with Crippen LogP contribution in [-0.2, 0) is 130 Å². The van der Waals surface area contributed by atoms with Crippen LogP contribution in [-0.4, -0.2) is 176 Å². The third-order valence-electron chi connectivity index (χ3n) is 30.8. The third-order valence-corrected chi connectivity index (χ3v) is 30.8. The molecule has 7 aliphatic carbocycles. The Balaban J connectivity index is 0.0000000964. The molecule has 25 heteroatoms. The van der Waals surface area contributed by atoms with Crippen molar-refractivity contribution < 1.29 is 37.7 Å². The molecular weight excluding hydrogens is 1810 g/mol. The Bertz CT molecular complexity index is 7230. The van der Waals surface area contributed by atoms with Crippen molar-refractivity contribution >= 4 is 41.3 Å². The lowest BCUT2D eigenvalue weighted by atomic mass is 9.78. The summed E-state index contributed by atoms with van der Waals surface area (Å²) < 4.78 is 46.3. The molecule has 28 rings (SSSR count). The first kappa shape index (κ1) is 94.7. The fourth-order valence-corrected chi connectivity index (χ4v) is 24.0. The molecule has 7 spiro atoms. The molecule has 6 aromatic heterocycles. The highest BCUT2D eigenvalue weighted by molar-refractivity contribution is 5.82. The number of hydrogen-bond donors (Lipinski definition) is 0. The molecule has 7 unspecified atom stereocenters. The van der Waals surface area contributed by atoms with Crippen LogP contribution in [0.2, 0.25) is 0 Å². The zero-order chi connectivity index (χ0) is 99.4. The molecule has 7 atom stereocenters. The lowest BCUT2D eigenvalue weighted by molar-refractivity contribution is 0.236. The molecule has 0 N–H and O–H groups in total. The van der Waals surface area contributed by atoms with Crippen LogP contribution in [0.1, 0.15) is 162 Å². The third kappa shape index (κ3) is 20.0. The van der Waals surface area contributed by atoms with E-state index in [9.17, 15) is 0 Å². The van der Waals surface area contributed by atoms with Crippen LogP contribution in [0, 0.1) is 27.7 Å². The molecule has 0 bridgehead atoms. The van der Waals surface area contributed by atoms with Crippen LogP contribution in [0.3, 0.4) is 0 Å². The summed E-state index contributed by atoms with van der Waals surface area (Å²) in [5.74, 6) is 6.63. The lowest BCUT2D eigenvalue weighted by Crippen LogP contribution is -2.35. The minimum atomic E-state index is -0.0657. The molecule has 734 valence electrons. The van der Waals surface area contributed by atoms with Crippen LogP contribution in [0.5, 0.6) is 0 Å². The number of hydrogen-bond acceptors (Lipinski definition) is 24. The Morgan fingerprint density at radius 1 is 0.269 bits per heavy atom. The molecular formula is C120H121N17O8. The largest absolute Gasteiger partial charge is 0.479 e. The van der Waals surface area contributed by atoms with Gasteiger partial charge in [0, 0.05) is 209 Å². The van der Waals surface area contributed by atoms with E-state index in [1.807, 2.05) is 137 Å². The van der Waals surface area contributed by atoms with E-state index in [0.717, 1.165) is 220 Å². The average Bonchev–Trinajstić information content (AvgIpc) is 1.56. The highest BCUT2D eigenvalue weighted by Crippen LogP contribution is 2.47. The molecule has 145 heavy (non-hydrogen) atoms. The summed E-state index contributed by atoms with van der Waals surface area (Å²) in [6.07, 6.45) is 30.1. The zero-order valence-electron chi connectivity index (χ0n) is 84.6. The molecule has 0 saturated carbocycles. The van der Waals surface area contributed by atoms with Gasteiger partial charge in [-0.1, -0.05) is 157 Å². The van der Waals surface area contributed by atoms with Gasteiger partial charge in [-0.3, -0.25) is 9.67 Å². The predicted molar refractivity (Wildman–Crippen MR) is 567 cm³/mol. The van der Waals surface area contributed by atoms with Crippen LogP contribution in [0.25, 0.3) is 78.1 Å². The first-order valence-corrected chi connectivity index (χ1v) is 50.6. The van der Waals surface area contributed by atoms with Crippen LogP contribution in [0.4, 0.5) is 0 Å². The predicted octanol–water partition coefficient (Wildman–Crippen LogP) is 21.0. The van der Waals surface area contributed by atoms with Crippen molar-refractivity contribution in [3.63, 3.8) is 0 Å². The summed E-state index contributed by atoms with van der Waals surface area (Å²) in [4.78, 5) is 54.2. The fourth-order valence-electron chi connectivity index (χ4n) is 24.0. The minimum Gasteiger partial charge on any atom is -0.479 e. The van der Waals surface area contributed by atoms with Gasteiger partial charge in [-0.05, 0) is 207 Å². The fraction of sp³-hybridized carbons (Fsp3) is 0.350. The molecule has 8 aromatic carbocycles. The Labute approximate surface area is 846 Å². The van der Waals surface area contributed by atoms with Crippen LogP contribution < -0.4 is 0 Å². The van der Waals surface area contributed by atoms with Crippen molar-refractivity contribution in [3.05, 3.63) is 339 Å². The van der Waals surface area contributed by atoms with E-state index in [2.05, 4.69) is 209 Å². The van der Waals surface area contributed by atoms with Gasteiger partial charge in [-0.2, -0.15) is 15.3 Å². The molecule has 0 saturated heterocycles. The number of aryl methyl sites for hydroxylation is 7. The van der Waals surface area contributed by atoms with E-state index in [1.165, 1.54) is 122 Å². The maximum atomic E-state index is 5.64. The number of ether oxygens (including phenoxy) is 7. The zero-order valence-corrected chi connectivity index (χ0v) is 84.6. The molecule has 14 aliphatic rings. The van der Waals surface area contributed by atoms with Crippen molar-refractivity contribution in [2.45, 2.75) is 218 Å². The summed E-state index contributed by atoms with van der Waals surface area (Å²) in [5, 5.41) is 16.5. The monoisotopic (exact) mass is 1930 g/mol. The lowest BCUT2D eigenvalue weighted by Gasteiger charge is -2.31. The highest BCUT2D eigenvalue weighted by Gasteiger charge is 2.48. The summed E-state index contributed by atoms with van der Waals surface area (Å²) in [5.41, 5.74) is 38.5. The van der Waals surface area contributed by atoms with E-state index < -0.39 is 0 Å². The van der Waals surface area contributed by atoms with Crippen molar-refractivity contribution in [3.8, 4) is 78.1 Å². The summed E-state index contributed by atoms with van der Waals surface area (Å²) in [6, 6.07) is 67.4. The van der Waals surface area contributed by atoms with Gasteiger partial charge in [0.15, 0.2) is 41.3 Å². The standard InChI is InChI=1S/C19H21N3O.C18H17NO.C17H17N3O.C17H18N2O2.C17H16N2O.C16H17N3O.C16H15N3O/c1-12-18(13(2)21-11-20-12)16-5-4-15-6-7-19(9-17(15)8-16)10-23-14(3)22-19;1-13-19-18(12-20-13)10-16-8-7-15(9-17(16)11-18)14-5-3-2-4-6-14;1-12-19-17(11-21-12)7-6-13-4-5-14(9-15(13)10-17)16-3-2-8-18-20-16;1-10-16(11(2)21-19-10)13-4-5-14-7-17(8-15(14)6-13)9-20-12(3)18-17;1-12-19-17(11-20-12)8-14-5-4-13(7-16(14)9-17)15-3-2-6-18-10-15;1-11-18-16(10-20-11)8-13-4-3-12(7-14(13)9-16)15-5-6-17-19(15)2;1-11-19-16(9-20-11)5-13-3-2-12(4-14(13)6-16)15-7-17-10-18-8-15/h4-5,8,11H,6-7,9-10H2,1-3H3;2-9H,10-12H2,1H3;2-5,8-9H,6-7,10-11H2,1H3;4-6H,7-9H2,1-3H3;2-7,10H,8-9,11H2,1H3;3-7H,8-10H2,1-2H3;2-4,7-8,10H,5-6,9H2,1H3. The van der Waals surface area contributed by atoms with Gasteiger partial charge in [-0.15, -0.1) is 0 Å². The van der Waals surface area contributed by atoms with Crippen molar-refractivity contribution in [2.75, 3.05) is 46.2 Å². The number of benzene rings is 8. The Hall–Kier alpha value is -15.1. The van der Waals surface area contributed by atoms with Crippen molar-refractivity contribution in [2.24, 2.45) is 42.0 Å². The molecule has 25 nitrogen and oxygen atoms in total. The summed E-state index contributed by atoms with van der Waals surface area (Å²) >= 11 is 0. The Morgan fingerprint density at radius 2 is 0.614 bits per heavy atom. The normalized spacial score (nSPS) is 23.4. The first-order chi connectivity index (χ1) is 70.2. The maximum Gasteiger partial charge on any atom is 0.180 e. The summed E-state index contributed by atoms with van der Waals surface area (Å²) in [6.45, 7) is 26.7.